The van der Waals surface area contributed by atoms with Crippen molar-refractivity contribution < 1.29 is 9.59 Å². The van der Waals surface area contributed by atoms with Gasteiger partial charge in [0.1, 0.15) is 5.69 Å². The van der Waals surface area contributed by atoms with Crippen molar-refractivity contribution in [3.63, 3.8) is 0 Å². The number of halogens is 1. The second-order valence-corrected chi connectivity index (χ2v) is 6.82. The number of rotatable bonds is 4. The van der Waals surface area contributed by atoms with Crippen LogP contribution >= 0.6 is 11.6 Å². The van der Waals surface area contributed by atoms with Gasteiger partial charge in [-0.05, 0) is 43.2 Å². The maximum absolute atomic E-state index is 12.7. The summed E-state index contributed by atoms with van der Waals surface area (Å²) >= 11 is 5.95. The predicted molar refractivity (Wildman–Crippen MR) is 102 cm³/mol. The molecule has 4 rings (SSSR count). The number of hydrazine groups is 1. The highest BCUT2D eigenvalue weighted by atomic mass is 35.5. The first kappa shape index (κ1) is 17.3. The molecule has 0 unspecified atom stereocenters. The Labute approximate surface area is 161 Å². The second-order valence-electron chi connectivity index (χ2n) is 6.39. The smallest absolute Gasteiger partial charge is 0.273 e. The van der Waals surface area contributed by atoms with Gasteiger partial charge in [-0.1, -0.05) is 41.9 Å². The SMILES string of the molecule is O=C(NNC(=O)C1CC1)c1cc(-c2ccc(Cl)cc2)nn1-c1ccccc1. The van der Waals surface area contributed by atoms with E-state index < -0.39 is 5.91 Å². The molecule has 0 spiro atoms. The van der Waals surface area contributed by atoms with E-state index in [2.05, 4.69) is 16.0 Å². The van der Waals surface area contributed by atoms with Crippen LogP contribution in [0.4, 0.5) is 0 Å². The summed E-state index contributed by atoms with van der Waals surface area (Å²) in [4.78, 5) is 24.5. The average molecular weight is 381 g/mol. The molecule has 2 N–H and O–H groups in total. The number of nitrogens with one attached hydrogen (secondary N) is 2. The highest BCUT2D eigenvalue weighted by Crippen LogP contribution is 2.28. The topological polar surface area (TPSA) is 76.0 Å². The van der Waals surface area contributed by atoms with Gasteiger partial charge < -0.3 is 0 Å². The number of hydrogen-bond acceptors (Lipinski definition) is 3. The van der Waals surface area contributed by atoms with Crippen LogP contribution in [0.25, 0.3) is 16.9 Å². The van der Waals surface area contributed by atoms with Crippen molar-refractivity contribution in [2.45, 2.75) is 12.8 Å². The van der Waals surface area contributed by atoms with Crippen LogP contribution in [0, 0.1) is 5.92 Å². The summed E-state index contributed by atoms with van der Waals surface area (Å²) < 4.78 is 1.56. The van der Waals surface area contributed by atoms with Gasteiger partial charge in [0.25, 0.3) is 5.91 Å². The Hall–Kier alpha value is -3.12. The van der Waals surface area contributed by atoms with Crippen molar-refractivity contribution >= 4 is 23.4 Å². The molecule has 0 radical (unpaired) electrons. The molecule has 0 aliphatic heterocycles. The highest BCUT2D eigenvalue weighted by Gasteiger charge is 2.30. The van der Waals surface area contributed by atoms with E-state index in [-0.39, 0.29) is 11.8 Å². The van der Waals surface area contributed by atoms with Gasteiger partial charge in [-0.25, -0.2) is 4.68 Å². The van der Waals surface area contributed by atoms with Crippen LogP contribution < -0.4 is 10.9 Å². The molecule has 2 amide bonds. The van der Waals surface area contributed by atoms with Crippen LogP contribution in [-0.4, -0.2) is 21.6 Å². The standard InChI is InChI=1S/C20H17ClN4O2/c21-15-10-8-13(9-11-15)17-12-18(20(27)23-22-19(26)14-6-7-14)25(24-17)16-4-2-1-3-5-16/h1-5,8-12,14H,6-7H2,(H,22,26)(H,23,27). The van der Waals surface area contributed by atoms with E-state index in [1.54, 1.807) is 22.9 Å². The van der Waals surface area contributed by atoms with E-state index in [9.17, 15) is 9.59 Å². The van der Waals surface area contributed by atoms with Crippen molar-refractivity contribution in [3.8, 4) is 16.9 Å². The fourth-order valence-corrected chi connectivity index (χ4v) is 2.83. The molecule has 2 aromatic carbocycles. The highest BCUT2D eigenvalue weighted by molar-refractivity contribution is 6.30. The van der Waals surface area contributed by atoms with Crippen LogP contribution in [0.15, 0.2) is 60.7 Å². The zero-order valence-corrected chi connectivity index (χ0v) is 15.1. The number of benzene rings is 2. The van der Waals surface area contributed by atoms with Crippen LogP contribution in [0.3, 0.4) is 0 Å². The third-order valence-electron chi connectivity index (χ3n) is 4.33. The van der Waals surface area contributed by atoms with E-state index in [1.807, 2.05) is 42.5 Å². The summed E-state index contributed by atoms with van der Waals surface area (Å²) in [5, 5.41) is 5.20. The lowest BCUT2D eigenvalue weighted by molar-refractivity contribution is -0.123. The van der Waals surface area contributed by atoms with Crippen LogP contribution in [0.2, 0.25) is 5.02 Å². The third kappa shape index (κ3) is 3.85. The van der Waals surface area contributed by atoms with E-state index in [4.69, 9.17) is 11.6 Å². The minimum atomic E-state index is -0.430. The quantitative estimate of drug-likeness (QED) is 0.681. The minimum absolute atomic E-state index is 0.00830. The maximum Gasteiger partial charge on any atom is 0.288 e. The Morgan fingerprint density at radius 1 is 1.00 bits per heavy atom. The molecule has 1 aliphatic carbocycles. The van der Waals surface area contributed by atoms with Gasteiger partial charge in [-0.15, -0.1) is 0 Å². The van der Waals surface area contributed by atoms with Crippen molar-refractivity contribution in [1.29, 1.82) is 0 Å². The van der Waals surface area contributed by atoms with Gasteiger partial charge in [0.15, 0.2) is 0 Å². The first-order valence-electron chi connectivity index (χ1n) is 8.63. The van der Waals surface area contributed by atoms with Gasteiger partial charge in [0.2, 0.25) is 5.91 Å². The number of nitrogens with zero attached hydrogens (tertiary/aromatic N) is 2. The number of para-hydroxylation sites is 1. The Morgan fingerprint density at radius 2 is 1.70 bits per heavy atom. The molecule has 0 bridgehead atoms. The minimum Gasteiger partial charge on any atom is -0.273 e. The molecule has 1 fully saturated rings. The van der Waals surface area contributed by atoms with Gasteiger partial charge >= 0.3 is 0 Å². The molecule has 1 aromatic heterocycles. The molecule has 1 aliphatic rings. The molecule has 7 heteroatoms. The fourth-order valence-electron chi connectivity index (χ4n) is 2.70. The average Bonchev–Trinajstić information content (AvgIpc) is 3.45. The fraction of sp³-hybridized carbons (Fsp3) is 0.150. The summed E-state index contributed by atoms with van der Waals surface area (Å²) in [6.07, 6.45) is 1.73. The molecule has 1 heterocycles. The summed E-state index contributed by atoms with van der Waals surface area (Å²) in [5.74, 6) is -0.582. The zero-order chi connectivity index (χ0) is 18.8. The van der Waals surface area contributed by atoms with Crippen LogP contribution in [0.1, 0.15) is 23.3 Å². The molecule has 0 saturated heterocycles. The summed E-state index contributed by atoms with van der Waals surface area (Å²) in [5.41, 5.74) is 7.50. The van der Waals surface area contributed by atoms with Crippen molar-refractivity contribution in [2.24, 2.45) is 5.92 Å². The first-order chi connectivity index (χ1) is 13.1. The number of carbonyl (C=O) groups excluding carboxylic acids is 2. The largest absolute Gasteiger partial charge is 0.288 e. The Morgan fingerprint density at radius 3 is 2.37 bits per heavy atom. The molecule has 0 atom stereocenters. The first-order valence-corrected chi connectivity index (χ1v) is 9.01. The lowest BCUT2D eigenvalue weighted by atomic mass is 10.1. The second kappa shape index (κ2) is 7.25. The van der Waals surface area contributed by atoms with E-state index in [0.717, 1.165) is 24.1 Å². The van der Waals surface area contributed by atoms with Crippen molar-refractivity contribution in [1.82, 2.24) is 20.6 Å². The Kier molecular flexibility index (Phi) is 4.64. The summed E-state index contributed by atoms with van der Waals surface area (Å²) in [6.45, 7) is 0. The van der Waals surface area contributed by atoms with Crippen molar-refractivity contribution in [3.05, 3.63) is 71.4 Å². The molecule has 3 aromatic rings. The van der Waals surface area contributed by atoms with E-state index >= 15 is 0 Å². The van der Waals surface area contributed by atoms with Gasteiger partial charge in [0, 0.05) is 16.5 Å². The molecule has 136 valence electrons. The summed E-state index contributed by atoms with van der Waals surface area (Å²) in [6, 6.07) is 18.3. The van der Waals surface area contributed by atoms with Crippen LogP contribution in [0.5, 0.6) is 0 Å². The third-order valence-corrected chi connectivity index (χ3v) is 4.58. The maximum atomic E-state index is 12.7. The normalized spacial score (nSPS) is 13.2. The molecule has 1 saturated carbocycles. The zero-order valence-electron chi connectivity index (χ0n) is 14.4. The number of amides is 2. The molecule has 6 nitrogen and oxygen atoms in total. The monoisotopic (exact) mass is 380 g/mol. The van der Waals surface area contributed by atoms with Crippen LogP contribution in [-0.2, 0) is 4.79 Å². The van der Waals surface area contributed by atoms with Gasteiger partial charge in [0.05, 0.1) is 11.4 Å². The number of hydrogen-bond donors (Lipinski definition) is 2. The van der Waals surface area contributed by atoms with Crippen molar-refractivity contribution in [2.75, 3.05) is 0 Å². The lowest BCUT2D eigenvalue weighted by Gasteiger charge is -2.09. The number of carbonyl (C=O) groups is 2. The summed E-state index contributed by atoms with van der Waals surface area (Å²) in [7, 11) is 0. The van der Waals surface area contributed by atoms with Gasteiger partial charge in [-0.2, -0.15) is 5.10 Å². The predicted octanol–water partition coefficient (Wildman–Crippen LogP) is 3.36. The van der Waals surface area contributed by atoms with E-state index in [1.165, 1.54) is 0 Å². The lowest BCUT2D eigenvalue weighted by Crippen LogP contribution is -2.43. The molecular formula is C20H17ClN4O2. The molecular weight excluding hydrogens is 364 g/mol. The van der Waals surface area contributed by atoms with Gasteiger partial charge in [-0.3, -0.25) is 20.4 Å². The Balaban J connectivity index is 1.66. The number of aromatic nitrogens is 2. The van der Waals surface area contributed by atoms with E-state index in [0.29, 0.717) is 16.4 Å². The Bertz CT molecular complexity index is 979. The molecule has 27 heavy (non-hydrogen) atoms.